The van der Waals surface area contributed by atoms with E-state index >= 15 is 0 Å². The van der Waals surface area contributed by atoms with E-state index in [1.165, 1.54) is 44.9 Å². The van der Waals surface area contributed by atoms with Crippen LogP contribution in [0.3, 0.4) is 0 Å². The van der Waals surface area contributed by atoms with E-state index in [9.17, 15) is 0 Å². The van der Waals surface area contributed by atoms with Crippen molar-refractivity contribution in [1.29, 1.82) is 0 Å². The molecule has 0 aromatic carbocycles. The van der Waals surface area contributed by atoms with Crippen LogP contribution in [0.1, 0.15) is 44.9 Å². The van der Waals surface area contributed by atoms with E-state index in [4.69, 9.17) is 12.6 Å². The molecule has 2 heteroatoms. The summed E-state index contributed by atoms with van der Waals surface area (Å²) >= 11 is 6.95. The third-order valence-electron chi connectivity index (χ3n) is 2.55. The summed E-state index contributed by atoms with van der Waals surface area (Å²) in [6.45, 7) is 0. The van der Waals surface area contributed by atoms with Crippen LogP contribution >= 0.6 is 24.4 Å². The molecule has 0 radical (unpaired) electrons. The summed E-state index contributed by atoms with van der Waals surface area (Å²) in [5.74, 6) is 0. The van der Waals surface area contributed by atoms with Gasteiger partial charge in [0.25, 0.3) is 0 Å². The highest BCUT2D eigenvalue weighted by atomic mass is 32.2. The van der Waals surface area contributed by atoms with Gasteiger partial charge in [-0.3, -0.25) is 0 Å². The molecule has 0 aromatic heterocycles. The maximum absolute atomic E-state index is 4.79. The van der Waals surface area contributed by atoms with Gasteiger partial charge in [0.1, 0.15) is 0 Å². The van der Waals surface area contributed by atoms with E-state index in [0.717, 1.165) is 5.25 Å². The first-order chi connectivity index (χ1) is 5.29. The van der Waals surface area contributed by atoms with E-state index < -0.39 is 0 Å². The van der Waals surface area contributed by atoms with Crippen LogP contribution < -0.4 is 0 Å². The average Bonchev–Trinajstić information content (AvgIpc) is 2.72. The Bertz CT molecular complexity index is 134. The first-order valence-corrected chi connectivity index (χ1v) is 6.01. The quantitative estimate of drug-likeness (QED) is 0.511. The third-order valence-corrected chi connectivity index (χ3v) is 4.96. The van der Waals surface area contributed by atoms with Crippen LogP contribution in [-0.4, -0.2) is 9.33 Å². The fourth-order valence-electron chi connectivity index (χ4n) is 1.72. The van der Waals surface area contributed by atoms with E-state index in [1.54, 1.807) is 0 Å². The largest absolute Gasteiger partial charge is 0.162 e. The summed E-state index contributed by atoms with van der Waals surface area (Å²) in [4.78, 5) is 0. The lowest BCUT2D eigenvalue weighted by Gasteiger charge is -2.31. The van der Waals surface area contributed by atoms with E-state index in [1.807, 2.05) is 0 Å². The molecule has 2 aliphatic carbocycles. The molecular weight excluding hydrogens is 172 g/mol. The second-order valence-corrected chi connectivity index (χ2v) is 6.67. The molecule has 2 fully saturated rings. The van der Waals surface area contributed by atoms with Gasteiger partial charge in [0.15, 0.2) is 0 Å². The zero-order valence-corrected chi connectivity index (χ0v) is 8.59. The minimum Gasteiger partial charge on any atom is -0.162 e. The topological polar surface area (TPSA) is 0 Å². The van der Waals surface area contributed by atoms with Crippen LogP contribution in [0, 0.1) is 0 Å². The lowest BCUT2D eigenvalue weighted by molar-refractivity contribution is 0.492. The summed E-state index contributed by atoms with van der Waals surface area (Å²) in [6, 6.07) is 0. The number of thiol groups is 1. The van der Waals surface area contributed by atoms with Gasteiger partial charge in [-0.2, -0.15) is 12.6 Å². The van der Waals surface area contributed by atoms with Crippen molar-refractivity contribution in [2.24, 2.45) is 0 Å². The maximum Gasteiger partial charge on any atom is 0.0584 e. The molecule has 0 amide bonds. The maximum atomic E-state index is 4.79. The van der Waals surface area contributed by atoms with Gasteiger partial charge in [-0.15, -0.1) is 11.8 Å². The predicted molar refractivity (Wildman–Crippen MR) is 55.4 cm³/mol. The van der Waals surface area contributed by atoms with Crippen molar-refractivity contribution in [2.45, 2.75) is 54.3 Å². The molecule has 2 rings (SSSR count). The molecule has 0 spiro atoms. The summed E-state index contributed by atoms with van der Waals surface area (Å²) in [7, 11) is 0. The number of rotatable bonds is 2. The SMILES string of the molecule is SC1(SC2CC2)CCCCC1. The van der Waals surface area contributed by atoms with Crippen LogP contribution in [0.4, 0.5) is 0 Å². The van der Waals surface area contributed by atoms with Crippen LogP contribution in [0.25, 0.3) is 0 Å². The fraction of sp³-hybridized carbons (Fsp3) is 1.00. The molecule has 0 atom stereocenters. The Balaban J connectivity index is 1.84. The molecular formula is C9H16S2. The van der Waals surface area contributed by atoms with E-state index in [0.29, 0.717) is 4.08 Å². The van der Waals surface area contributed by atoms with Gasteiger partial charge in [0.05, 0.1) is 4.08 Å². The lowest BCUT2D eigenvalue weighted by Crippen LogP contribution is -2.21. The van der Waals surface area contributed by atoms with Crippen molar-refractivity contribution in [3.63, 3.8) is 0 Å². The summed E-state index contributed by atoms with van der Waals surface area (Å²) in [5.41, 5.74) is 0. The van der Waals surface area contributed by atoms with Gasteiger partial charge in [-0.1, -0.05) is 19.3 Å². The molecule has 64 valence electrons. The summed E-state index contributed by atoms with van der Waals surface area (Å²) in [5, 5.41) is 0.977. The molecule has 0 aromatic rings. The van der Waals surface area contributed by atoms with Gasteiger partial charge >= 0.3 is 0 Å². The molecule has 0 aliphatic heterocycles. The van der Waals surface area contributed by atoms with Crippen molar-refractivity contribution in [1.82, 2.24) is 0 Å². The minimum atomic E-state index is 0.374. The number of thioether (sulfide) groups is 1. The first kappa shape index (κ1) is 8.31. The van der Waals surface area contributed by atoms with Gasteiger partial charge in [0, 0.05) is 5.25 Å². The minimum absolute atomic E-state index is 0.374. The fourth-order valence-corrected chi connectivity index (χ4v) is 4.00. The van der Waals surface area contributed by atoms with Crippen LogP contribution in [-0.2, 0) is 0 Å². The molecule has 0 nitrogen and oxygen atoms in total. The molecule has 11 heavy (non-hydrogen) atoms. The van der Waals surface area contributed by atoms with Crippen molar-refractivity contribution >= 4 is 24.4 Å². The van der Waals surface area contributed by atoms with Crippen molar-refractivity contribution in [2.75, 3.05) is 0 Å². The Morgan fingerprint density at radius 2 is 1.73 bits per heavy atom. The Labute approximate surface area is 78.9 Å². The molecule has 0 heterocycles. The predicted octanol–water partition coefficient (Wildman–Crippen LogP) is 3.47. The summed E-state index contributed by atoms with van der Waals surface area (Å²) < 4.78 is 0.374. The highest BCUT2D eigenvalue weighted by Gasteiger charge is 2.35. The molecule has 2 aliphatic rings. The zero-order valence-electron chi connectivity index (χ0n) is 6.88. The third kappa shape index (κ3) is 2.32. The standard InChI is InChI=1S/C9H16S2/c10-9(11-8-4-5-8)6-2-1-3-7-9/h8,10H,1-7H2. The number of hydrogen-bond donors (Lipinski definition) is 1. The first-order valence-electron chi connectivity index (χ1n) is 4.69. The smallest absolute Gasteiger partial charge is 0.0584 e. The van der Waals surface area contributed by atoms with Crippen molar-refractivity contribution in [3.05, 3.63) is 0 Å². The second-order valence-electron chi connectivity index (χ2n) is 3.82. The second kappa shape index (κ2) is 3.21. The monoisotopic (exact) mass is 188 g/mol. The van der Waals surface area contributed by atoms with Crippen LogP contribution in [0.2, 0.25) is 0 Å². The molecule has 0 unspecified atom stereocenters. The van der Waals surface area contributed by atoms with Crippen LogP contribution in [0.5, 0.6) is 0 Å². The van der Waals surface area contributed by atoms with Gasteiger partial charge in [0.2, 0.25) is 0 Å². The van der Waals surface area contributed by atoms with Crippen molar-refractivity contribution < 1.29 is 0 Å². The van der Waals surface area contributed by atoms with Gasteiger partial charge in [-0.05, 0) is 25.7 Å². The van der Waals surface area contributed by atoms with Crippen molar-refractivity contribution in [3.8, 4) is 0 Å². The van der Waals surface area contributed by atoms with Crippen LogP contribution in [0.15, 0.2) is 0 Å². The Hall–Kier alpha value is 0.700. The average molecular weight is 188 g/mol. The van der Waals surface area contributed by atoms with Gasteiger partial charge in [-0.25, -0.2) is 0 Å². The molecule has 0 saturated heterocycles. The van der Waals surface area contributed by atoms with Gasteiger partial charge < -0.3 is 0 Å². The lowest BCUT2D eigenvalue weighted by atomic mass is 10.00. The number of hydrogen-bond acceptors (Lipinski definition) is 2. The Morgan fingerprint density at radius 3 is 2.27 bits per heavy atom. The molecule has 2 saturated carbocycles. The highest BCUT2D eigenvalue weighted by molar-refractivity contribution is 8.12. The normalized spacial score (nSPS) is 30.3. The highest BCUT2D eigenvalue weighted by Crippen LogP contribution is 2.50. The Kier molecular flexibility index (Phi) is 2.43. The molecule has 0 bridgehead atoms. The van der Waals surface area contributed by atoms with E-state index in [2.05, 4.69) is 11.8 Å². The van der Waals surface area contributed by atoms with E-state index in [-0.39, 0.29) is 0 Å². The Morgan fingerprint density at radius 1 is 1.09 bits per heavy atom. The zero-order chi connectivity index (χ0) is 7.73. The summed E-state index contributed by atoms with van der Waals surface area (Å²) in [6.07, 6.45) is 9.84. The molecule has 0 N–H and O–H groups in total.